The molecule has 0 radical (unpaired) electrons. The van der Waals surface area contributed by atoms with Crippen LogP contribution in [0.3, 0.4) is 0 Å². The second-order valence-electron chi connectivity index (χ2n) is 5.69. The van der Waals surface area contributed by atoms with Gasteiger partial charge in [-0.15, -0.1) is 0 Å². The van der Waals surface area contributed by atoms with Gasteiger partial charge in [0, 0.05) is 7.05 Å². The Bertz CT molecular complexity index is 525. The lowest BCUT2D eigenvalue weighted by atomic mass is 9.77. The Morgan fingerprint density at radius 1 is 1.52 bits per heavy atom. The maximum Gasteiger partial charge on any atom is 0.353 e. The van der Waals surface area contributed by atoms with E-state index in [2.05, 4.69) is 27.5 Å². The van der Waals surface area contributed by atoms with Crippen molar-refractivity contribution >= 4 is 17.3 Å². The van der Waals surface area contributed by atoms with Gasteiger partial charge in [0.1, 0.15) is 6.33 Å². The van der Waals surface area contributed by atoms with Crippen LogP contribution in [-0.2, 0) is 0 Å². The standard InChI is InChI=1S/C13H21N5O3/c1-9-4-3-5-13(6-9,7-19)17-12-10(18(20)21)11(14-2)15-8-16-12/h8-9,19H,3-7H2,1-2H3,(H2,14,15,16,17). The molecule has 1 fully saturated rings. The monoisotopic (exact) mass is 295 g/mol. The van der Waals surface area contributed by atoms with Crippen molar-refractivity contribution in [3.63, 3.8) is 0 Å². The predicted molar refractivity (Wildman–Crippen MR) is 79.3 cm³/mol. The Morgan fingerprint density at radius 3 is 2.81 bits per heavy atom. The van der Waals surface area contributed by atoms with Gasteiger partial charge in [0.2, 0.25) is 11.6 Å². The Morgan fingerprint density at radius 2 is 2.24 bits per heavy atom. The van der Waals surface area contributed by atoms with E-state index in [1.54, 1.807) is 7.05 Å². The zero-order chi connectivity index (χ0) is 15.5. The van der Waals surface area contributed by atoms with Gasteiger partial charge >= 0.3 is 5.69 Å². The average Bonchev–Trinajstić information content (AvgIpc) is 2.46. The summed E-state index contributed by atoms with van der Waals surface area (Å²) in [6.07, 6.45) is 4.89. The molecule has 0 aromatic carbocycles. The summed E-state index contributed by atoms with van der Waals surface area (Å²) in [6.45, 7) is 2.05. The molecule has 1 aromatic rings. The quantitative estimate of drug-likeness (QED) is 0.560. The van der Waals surface area contributed by atoms with Crippen LogP contribution < -0.4 is 10.6 Å². The van der Waals surface area contributed by atoms with E-state index in [-0.39, 0.29) is 23.9 Å². The van der Waals surface area contributed by atoms with Crippen molar-refractivity contribution < 1.29 is 10.0 Å². The molecule has 2 unspecified atom stereocenters. The van der Waals surface area contributed by atoms with Gasteiger partial charge in [-0.05, 0) is 18.8 Å². The number of aliphatic hydroxyl groups excluding tert-OH is 1. The Balaban J connectivity index is 2.35. The topological polar surface area (TPSA) is 113 Å². The molecule has 0 amide bonds. The van der Waals surface area contributed by atoms with Gasteiger partial charge in [-0.3, -0.25) is 10.1 Å². The highest BCUT2D eigenvalue weighted by Gasteiger charge is 2.37. The Hall–Kier alpha value is -1.96. The third-order valence-electron chi connectivity index (χ3n) is 4.02. The van der Waals surface area contributed by atoms with E-state index in [4.69, 9.17) is 0 Å². The van der Waals surface area contributed by atoms with Gasteiger partial charge in [0.05, 0.1) is 17.1 Å². The molecule has 0 saturated heterocycles. The second-order valence-corrected chi connectivity index (χ2v) is 5.69. The van der Waals surface area contributed by atoms with Crippen molar-refractivity contribution in [3.05, 3.63) is 16.4 Å². The fraction of sp³-hybridized carbons (Fsp3) is 0.692. The molecule has 1 heterocycles. The SMILES string of the molecule is CNc1ncnc(NC2(CO)CCCC(C)C2)c1[N+](=O)[O-]. The highest BCUT2D eigenvalue weighted by molar-refractivity contribution is 5.69. The first-order chi connectivity index (χ1) is 10.0. The molecular weight excluding hydrogens is 274 g/mol. The van der Waals surface area contributed by atoms with Gasteiger partial charge in [0.25, 0.3) is 0 Å². The third kappa shape index (κ3) is 3.21. The van der Waals surface area contributed by atoms with Gasteiger partial charge in [0.15, 0.2) is 0 Å². The zero-order valence-electron chi connectivity index (χ0n) is 12.3. The molecule has 0 aliphatic heterocycles. The molecule has 116 valence electrons. The first-order valence-corrected chi connectivity index (χ1v) is 7.07. The fourth-order valence-corrected chi connectivity index (χ4v) is 3.03. The summed E-state index contributed by atoms with van der Waals surface area (Å²) < 4.78 is 0. The molecule has 1 aliphatic carbocycles. The summed E-state index contributed by atoms with van der Waals surface area (Å²) in [7, 11) is 1.57. The average molecular weight is 295 g/mol. The molecule has 2 atom stereocenters. The van der Waals surface area contributed by atoms with E-state index < -0.39 is 10.5 Å². The maximum atomic E-state index is 11.3. The minimum absolute atomic E-state index is 0.0760. The van der Waals surface area contributed by atoms with Crippen LogP contribution >= 0.6 is 0 Å². The van der Waals surface area contributed by atoms with E-state index in [1.807, 2.05) is 0 Å². The van der Waals surface area contributed by atoms with Crippen LogP contribution in [0.2, 0.25) is 0 Å². The van der Waals surface area contributed by atoms with Crippen molar-refractivity contribution in [2.45, 2.75) is 38.1 Å². The molecule has 1 aliphatic rings. The van der Waals surface area contributed by atoms with Gasteiger partial charge in [-0.1, -0.05) is 19.8 Å². The number of anilines is 2. The first-order valence-electron chi connectivity index (χ1n) is 7.07. The number of nitrogens with zero attached hydrogens (tertiary/aromatic N) is 3. The van der Waals surface area contributed by atoms with E-state index >= 15 is 0 Å². The largest absolute Gasteiger partial charge is 0.394 e. The van der Waals surface area contributed by atoms with Gasteiger partial charge in [-0.2, -0.15) is 0 Å². The maximum absolute atomic E-state index is 11.3. The number of hydrogen-bond donors (Lipinski definition) is 3. The molecule has 21 heavy (non-hydrogen) atoms. The molecule has 8 nitrogen and oxygen atoms in total. The highest BCUT2D eigenvalue weighted by Crippen LogP contribution is 2.37. The van der Waals surface area contributed by atoms with Crippen molar-refractivity contribution in [2.24, 2.45) is 5.92 Å². The number of aromatic nitrogens is 2. The van der Waals surface area contributed by atoms with Crippen LogP contribution in [0.5, 0.6) is 0 Å². The van der Waals surface area contributed by atoms with Crippen molar-refractivity contribution in [1.29, 1.82) is 0 Å². The third-order valence-corrected chi connectivity index (χ3v) is 4.02. The lowest BCUT2D eigenvalue weighted by Gasteiger charge is -2.39. The normalized spacial score (nSPS) is 25.4. The summed E-state index contributed by atoms with van der Waals surface area (Å²) in [6, 6.07) is 0. The number of aliphatic hydroxyl groups is 1. The van der Waals surface area contributed by atoms with E-state index in [9.17, 15) is 15.2 Å². The van der Waals surface area contributed by atoms with E-state index in [1.165, 1.54) is 6.33 Å². The molecular formula is C13H21N5O3. The smallest absolute Gasteiger partial charge is 0.353 e. The van der Waals surface area contributed by atoms with Crippen LogP contribution in [0, 0.1) is 16.0 Å². The second kappa shape index (κ2) is 6.21. The van der Waals surface area contributed by atoms with Gasteiger partial charge in [-0.25, -0.2) is 9.97 Å². The van der Waals surface area contributed by atoms with Gasteiger partial charge < -0.3 is 15.7 Å². The first kappa shape index (κ1) is 15.4. The number of nitrogens with one attached hydrogen (secondary N) is 2. The zero-order valence-corrected chi connectivity index (χ0v) is 12.3. The molecule has 1 aromatic heterocycles. The van der Waals surface area contributed by atoms with E-state index in [0.29, 0.717) is 5.92 Å². The number of hydrogen-bond acceptors (Lipinski definition) is 7. The van der Waals surface area contributed by atoms with Crippen LogP contribution in [0.15, 0.2) is 6.33 Å². The van der Waals surface area contributed by atoms with Crippen molar-refractivity contribution in [3.8, 4) is 0 Å². The fourth-order valence-electron chi connectivity index (χ4n) is 3.03. The lowest BCUT2D eigenvalue weighted by Crippen LogP contribution is -2.46. The molecule has 1 saturated carbocycles. The minimum Gasteiger partial charge on any atom is -0.394 e. The van der Waals surface area contributed by atoms with Crippen LogP contribution in [0.4, 0.5) is 17.3 Å². The molecule has 8 heteroatoms. The molecule has 3 N–H and O–H groups in total. The van der Waals surface area contributed by atoms with Crippen LogP contribution in [0.1, 0.15) is 32.6 Å². The molecule has 2 rings (SSSR count). The van der Waals surface area contributed by atoms with Crippen molar-refractivity contribution in [1.82, 2.24) is 9.97 Å². The van der Waals surface area contributed by atoms with Crippen LogP contribution in [0.25, 0.3) is 0 Å². The van der Waals surface area contributed by atoms with Crippen molar-refractivity contribution in [2.75, 3.05) is 24.3 Å². The summed E-state index contributed by atoms with van der Waals surface area (Å²) >= 11 is 0. The number of nitro groups is 1. The molecule has 0 bridgehead atoms. The predicted octanol–water partition coefficient (Wildman–Crippen LogP) is 1.78. The summed E-state index contributed by atoms with van der Waals surface area (Å²) in [5.41, 5.74) is -0.743. The summed E-state index contributed by atoms with van der Waals surface area (Å²) in [4.78, 5) is 18.6. The number of rotatable bonds is 5. The highest BCUT2D eigenvalue weighted by atomic mass is 16.6. The Kier molecular flexibility index (Phi) is 4.56. The molecule has 0 spiro atoms. The minimum atomic E-state index is -0.554. The van der Waals surface area contributed by atoms with Crippen LogP contribution in [-0.4, -0.2) is 39.2 Å². The Labute approximate surface area is 123 Å². The lowest BCUT2D eigenvalue weighted by molar-refractivity contribution is -0.383. The van der Waals surface area contributed by atoms with E-state index in [0.717, 1.165) is 25.7 Å². The summed E-state index contributed by atoms with van der Waals surface area (Å²) in [5.74, 6) is 0.778. The summed E-state index contributed by atoms with van der Waals surface area (Å²) in [5, 5.41) is 26.9.